The van der Waals surface area contributed by atoms with Crippen molar-refractivity contribution in [2.24, 2.45) is 0 Å². The van der Waals surface area contributed by atoms with Crippen molar-refractivity contribution in [1.82, 2.24) is 20.4 Å². The fourth-order valence-corrected chi connectivity index (χ4v) is 2.78. The van der Waals surface area contributed by atoms with Crippen molar-refractivity contribution in [2.45, 2.75) is 0 Å². The van der Waals surface area contributed by atoms with E-state index in [1.165, 1.54) is 11.2 Å². The van der Waals surface area contributed by atoms with Crippen molar-refractivity contribution in [3.05, 3.63) is 60.4 Å². The maximum Gasteiger partial charge on any atom is 0.251 e. The predicted octanol–water partition coefficient (Wildman–Crippen LogP) is 2.97. The Morgan fingerprint density at radius 2 is 1.90 bits per heavy atom. The second-order valence-electron chi connectivity index (χ2n) is 6.62. The van der Waals surface area contributed by atoms with Crippen molar-refractivity contribution in [3.8, 4) is 22.8 Å². The van der Waals surface area contributed by atoms with Crippen molar-refractivity contribution in [1.29, 1.82) is 0 Å². The van der Waals surface area contributed by atoms with Crippen molar-refractivity contribution in [2.75, 3.05) is 20.6 Å². The van der Waals surface area contributed by atoms with Gasteiger partial charge < -0.3 is 19.2 Å². The SMILES string of the molecule is CN(C)C(=O)CNC(=O)c1ccc2onc(-c3coc(-c4ccccc4)n3)c2c1. The van der Waals surface area contributed by atoms with Crippen LogP contribution in [0.1, 0.15) is 10.4 Å². The number of nitrogens with zero attached hydrogens (tertiary/aromatic N) is 3. The van der Waals surface area contributed by atoms with Crippen molar-refractivity contribution in [3.63, 3.8) is 0 Å². The van der Waals surface area contributed by atoms with Crippen LogP contribution in [0.3, 0.4) is 0 Å². The maximum atomic E-state index is 12.4. The molecule has 2 amide bonds. The highest BCUT2D eigenvalue weighted by Crippen LogP contribution is 2.30. The van der Waals surface area contributed by atoms with E-state index in [1.54, 1.807) is 32.3 Å². The van der Waals surface area contributed by atoms with Crippen LogP contribution in [0.2, 0.25) is 0 Å². The molecule has 2 heterocycles. The smallest absolute Gasteiger partial charge is 0.251 e. The lowest BCUT2D eigenvalue weighted by Crippen LogP contribution is -2.36. The van der Waals surface area contributed by atoms with Crippen LogP contribution in [0.25, 0.3) is 33.8 Å². The number of rotatable bonds is 5. The first-order valence-corrected chi connectivity index (χ1v) is 8.92. The number of carbonyl (C=O) groups excluding carboxylic acids is 2. The Balaban J connectivity index is 1.62. The van der Waals surface area contributed by atoms with Gasteiger partial charge >= 0.3 is 0 Å². The standard InChI is InChI=1S/C21H18N4O4/c1-25(2)18(26)11-22-20(27)14-8-9-17-15(10-14)19(24-29-17)16-12-28-21(23-16)13-6-4-3-5-7-13/h3-10,12H,11H2,1-2H3,(H,22,27). The molecule has 4 rings (SSSR count). The Bertz CT molecular complexity index is 1180. The Morgan fingerprint density at radius 3 is 2.66 bits per heavy atom. The van der Waals surface area contributed by atoms with Gasteiger partial charge in [0.15, 0.2) is 5.58 Å². The Kier molecular flexibility index (Phi) is 4.82. The van der Waals surface area contributed by atoms with Gasteiger partial charge in [-0.05, 0) is 30.3 Å². The number of hydrogen-bond acceptors (Lipinski definition) is 6. The number of likely N-dealkylation sites (N-methyl/N-ethyl adjacent to an activating group) is 1. The third-order valence-corrected chi connectivity index (χ3v) is 4.40. The molecular formula is C21H18N4O4. The van der Waals surface area contributed by atoms with E-state index in [-0.39, 0.29) is 18.4 Å². The average Bonchev–Trinajstić information content (AvgIpc) is 3.38. The molecule has 0 aliphatic carbocycles. The van der Waals surface area contributed by atoms with Gasteiger partial charge in [-0.3, -0.25) is 9.59 Å². The summed E-state index contributed by atoms with van der Waals surface area (Å²) in [6, 6.07) is 14.4. The minimum absolute atomic E-state index is 0.0793. The first kappa shape index (κ1) is 18.4. The van der Waals surface area contributed by atoms with Gasteiger partial charge in [-0.15, -0.1) is 0 Å². The van der Waals surface area contributed by atoms with Gasteiger partial charge in [-0.2, -0.15) is 0 Å². The Labute approximate surface area is 166 Å². The van der Waals surface area contributed by atoms with Crippen LogP contribution in [-0.2, 0) is 4.79 Å². The van der Waals surface area contributed by atoms with Crippen LogP contribution in [0.15, 0.2) is 63.7 Å². The molecule has 0 bridgehead atoms. The highest BCUT2D eigenvalue weighted by molar-refractivity contribution is 6.01. The second-order valence-corrected chi connectivity index (χ2v) is 6.62. The molecule has 4 aromatic rings. The molecule has 0 radical (unpaired) electrons. The Morgan fingerprint density at radius 1 is 1.10 bits per heavy atom. The molecule has 0 saturated heterocycles. The van der Waals surface area contributed by atoms with E-state index in [4.69, 9.17) is 8.94 Å². The van der Waals surface area contributed by atoms with Gasteiger partial charge in [-0.25, -0.2) is 4.98 Å². The molecule has 0 unspecified atom stereocenters. The number of carbonyl (C=O) groups is 2. The quantitative estimate of drug-likeness (QED) is 0.562. The molecule has 0 spiro atoms. The number of benzene rings is 2. The van der Waals surface area contributed by atoms with E-state index in [9.17, 15) is 9.59 Å². The largest absolute Gasteiger partial charge is 0.444 e. The average molecular weight is 390 g/mol. The summed E-state index contributed by atoms with van der Waals surface area (Å²) in [7, 11) is 3.26. The number of hydrogen-bond donors (Lipinski definition) is 1. The summed E-state index contributed by atoms with van der Waals surface area (Å²) < 4.78 is 10.9. The molecular weight excluding hydrogens is 372 g/mol. The van der Waals surface area contributed by atoms with Gasteiger partial charge in [0.25, 0.3) is 5.91 Å². The summed E-state index contributed by atoms with van der Waals surface area (Å²) in [5.74, 6) is -0.0895. The minimum atomic E-state index is -0.362. The lowest BCUT2D eigenvalue weighted by Gasteiger charge is -2.10. The van der Waals surface area contributed by atoms with Crippen molar-refractivity contribution >= 4 is 22.8 Å². The van der Waals surface area contributed by atoms with Crippen LogP contribution in [0, 0.1) is 0 Å². The van der Waals surface area contributed by atoms with Crippen LogP contribution in [-0.4, -0.2) is 47.5 Å². The normalized spacial score (nSPS) is 10.8. The van der Waals surface area contributed by atoms with E-state index in [0.717, 1.165) is 5.56 Å². The zero-order chi connectivity index (χ0) is 20.4. The van der Waals surface area contributed by atoms with Crippen LogP contribution >= 0.6 is 0 Å². The summed E-state index contributed by atoms with van der Waals surface area (Å²) in [4.78, 5) is 30.0. The monoisotopic (exact) mass is 390 g/mol. The first-order valence-electron chi connectivity index (χ1n) is 8.92. The molecule has 146 valence electrons. The Hall–Kier alpha value is -3.94. The van der Waals surface area contributed by atoms with Gasteiger partial charge in [0.2, 0.25) is 11.8 Å². The molecule has 29 heavy (non-hydrogen) atoms. The molecule has 8 nitrogen and oxygen atoms in total. The summed E-state index contributed by atoms with van der Waals surface area (Å²) >= 11 is 0. The third kappa shape index (κ3) is 3.73. The highest BCUT2D eigenvalue weighted by Gasteiger charge is 2.18. The van der Waals surface area contributed by atoms with E-state index in [2.05, 4.69) is 15.5 Å². The van der Waals surface area contributed by atoms with E-state index in [1.807, 2.05) is 30.3 Å². The first-order chi connectivity index (χ1) is 14.0. The number of amides is 2. The van der Waals surface area contributed by atoms with Gasteiger partial charge in [0.05, 0.1) is 11.9 Å². The van der Waals surface area contributed by atoms with Crippen LogP contribution in [0.5, 0.6) is 0 Å². The number of nitrogens with one attached hydrogen (secondary N) is 1. The highest BCUT2D eigenvalue weighted by atomic mass is 16.5. The molecule has 0 aliphatic heterocycles. The number of oxazole rings is 1. The molecule has 0 saturated carbocycles. The van der Waals surface area contributed by atoms with E-state index in [0.29, 0.717) is 33.8 Å². The molecule has 8 heteroatoms. The second kappa shape index (κ2) is 7.59. The molecule has 0 aliphatic rings. The maximum absolute atomic E-state index is 12.4. The zero-order valence-corrected chi connectivity index (χ0v) is 15.9. The van der Waals surface area contributed by atoms with E-state index < -0.39 is 0 Å². The molecule has 0 fully saturated rings. The molecule has 2 aromatic heterocycles. The fourth-order valence-electron chi connectivity index (χ4n) is 2.78. The predicted molar refractivity (Wildman–Crippen MR) is 106 cm³/mol. The summed E-state index contributed by atoms with van der Waals surface area (Å²) in [6.45, 7) is -0.0793. The van der Waals surface area contributed by atoms with E-state index >= 15 is 0 Å². The third-order valence-electron chi connectivity index (χ3n) is 4.40. The van der Waals surface area contributed by atoms with Crippen LogP contribution in [0.4, 0.5) is 0 Å². The summed E-state index contributed by atoms with van der Waals surface area (Å²) in [6.07, 6.45) is 1.50. The minimum Gasteiger partial charge on any atom is -0.444 e. The van der Waals surface area contributed by atoms with Gasteiger partial charge in [0.1, 0.15) is 17.7 Å². The number of fused-ring (bicyclic) bond motifs is 1. The molecule has 2 aromatic carbocycles. The lowest BCUT2D eigenvalue weighted by molar-refractivity contribution is -0.127. The van der Waals surface area contributed by atoms with Crippen LogP contribution < -0.4 is 5.32 Å². The molecule has 0 atom stereocenters. The summed E-state index contributed by atoms with van der Waals surface area (Å²) in [5.41, 5.74) is 2.73. The van der Waals surface area contributed by atoms with Gasteiger partial charge in [0, 0.05) is 25.2 Å². The lowest BCUT2D eigenvalue weighted by atomic mass is 10.1. The fraction of sp³-hybridized carbons (Fsp3) is 0.143. The van der Waals surface area contributed by atoms with Crippen molar-refractivity contribution < 1.29 is 18.5 Å². The topological polar surface area (TPSA) is 101 Å². The molecule has 1 N–H and O–H groups in total. The summed E-state index contributed by atoms with van der Waals surface area (Å²) in [5, 5.41) is 7.32. The van der Waals surface area contributed by atoms with Gasteiger partial charge in [-0.1, -0.05) is 23.4 Å². The zero-order valence-electron chi connectivity index (χ0n) is 15.9. The number of aromatic nitrogens is 2.